The van der Waals surface area contributed by atoms with Crippen LogP contribution in [-0.4, -0.2) is 35.7 Å². The van der Waals surface area contributed by atoms with Gasteiger partial charge < -0.3 is 15.2 Å². The molecule has 0 saturated heterocycles. The molecule has 2 N–H and O–H groups in total. The summed E-state index contributed by atoms with van der Waals surface area (Å²) in [4.78, 5) is 24.0. The summed E-state index contributed by atoms with van der Waals surface area (Å²) in [5.74, 6) is -4.68. The van der Waals surface area contributed by atoms with Gasteiger partial charge in [-0.15, -0.1) is 0 Å². The minimum absolute atomic E-state index is 0.0492. The first-order valence-corrected chi connectivity index (χ1v) is 10.1. The van der Waals surface area contributed by atoms with Crippen molar-refractivity contribution in [1.82, 2.24) is 5.32 Å². The van der Waals surface area contributed by atoms with E-state index in [1.165, 1.54) is 0 Å². The van der Waals surface area contributed by atoms with E-state index in [0.29, 0.717) is 0 Å². The standard InChI is InChI=1S/C23H23F2NO4/c24-23(25)11-9-14(10-12-23)20(21(27)28)26-22(29)30-13-19-17-7-3-1-5-15(17)16-6-2-4-8-18(16)19/h1-8,14,19-20H,9-13H2,(H,26,29)(H,27,28). The van der Waals surface area contributed by atoms with Crippen molar-refractivity contribution in [3.05, 3.63) is 59.7 Å². The lowest BCUT2D eigenvalue weighted by Gasteiger charge is -2.31. The lowest BCUT2D eigenvalue weighted by Crippen LogP contribution is -2.48. The van der Waals surface area contributed by atoms with Gasteiger partial charge in [0.1, 0.15) is 12.6 Å². The van der Waals surface area contributed by atoms with Crippen molar-refractivity contribution in [1.29, 1.82) is 0 Å². The fourth-order valence-corrected chi connectivity index (χ4v) is 4.54. The van der Waals surface area contributed by atoms with E-state index >= 15 is 0 Å². The highest BCUT2D eigenvalue weighted by atomic mass is 19.3. The van der Waals surface area contributed by atoms with E-state index in [2.05, 4.69) is 5.32 Å². The Hall–Kier alpha value is -2.96. The summed E-state index contributed by atoms with van der Waals surface area (Å²) in [6, 6.07) is 14.5. The molecule has 2 aromatic rings. The number of benzene rings is 2. The third kappa shape index (κ3) is 4.01. The first-order valence-electron chi connectivity index (χ1n) is 10.1. The van der Waals surface area contributed by atoms with Crippen LogP contribution < -0.4 is 5.32 Å². The molecule has 0 bridgehead atoms. The smallest absolute Gasteiger partial charge is 0.407 e. The van der Waals surface area contributed by atoms with Gasteiger partial charge in [0.05, 0.1) is 0 Å². The molecule has 0 radical (unpaired) electrons. The Balaban J connectivity index is 1.41. The molecule has 0 aromatic heterocycles. The van der Waals surface area contributed by atoms with Crippen molar-refractivity contribution < 1.29 is 28.2 Å². The van der Waals surface area contributed by atoms with E-state index in [-0.39, 0.29) is 38.2 Å². The van der Waals surface area contributed by atoms with Crippen LogP contribution in [0.15, 0.2) is 48.5 Å². The van der Waals surface area contributed by atoms with Gasteiger partial charge in [-0.25, -0.2) is 18.4 Å². The molecule has 1 amide bonds. The van der Waals surface area contributed by atoms with Gasteiger partial charge >= 0.3 is 12.1 Å². The predicted molar refractivity (Wildman–Crippen MR) is 107 cm³/mol. The highest BCUT2D eigenvalue weighted by molar-refractivity contribution is 5.81. The van der Waals surface area contributed by atoms with E-state index < -0.39 is 29.9 Å². The summed E-state index contributed by atoms with van der Waals surface area (Å²) in [5.41, 5.74) is 4.29. The lowest BCUT2D eigenvalue weighted by atomic mass is 9.82. The molecule has 1 saturated carbocycles. The molecule has 0 heterocycles. The lowest BCUT2D eigenvalue weighted by molar-refractivity contribution is -0.142. The minimum atomic E-state index is -2.76. The van der Waals surface area contributed by atoms with Gasteiger partial charge in [0.2, 0.25) is 5.92 Å². The van der Waals surface area contributed by atoms with Gasteiger partial charge in [-0.2, -0.15) is 0 Å². The molecule has 1 fully saturated rings. The van der Waals surface area contributed by atoms with Gasteiger partial charge in [-0.3, -0.25) is 0 Å². The highest BCUT2D eigenvalue weighted by Crippen LogP contribution is 2.44. The number of hydrogen-bond acceptors (Lipinski definition) is 3. The molecule has 2 aromatic carbocycles. The maximum absolute atomic E-state index is 13.4. The zero-order chi connectivity index (χ0) is 21.3. The van der Waals surface area contributed by atoms with Crippen LogP contribution in [0.1, 0.15) is 42.7 Å². The maximum atomic E-state index is 13.4. The number of aliphatic carboxylic acids is 1. The number of nitrogens with one attached hydrogen (secondary N) is 1. The summed E-state index contributed by atoms with van der Waals surface area (Å²) in [7, 11) is 0. The van der Waals surface area contributed by atoms with Crippen molar-refractivity contribution >= 4 is 12.1 Å². The molecule has 2 aliphatic rings. The Labute approximate surface area is 173 Å². The number of carbonyl (C=O) groups excluding carboxylic acids is 1. The molecule has 158 valence electrons. The quantitative estimate of drug-likeness (QED) is 0.735. The van der Waals surface area contributed by atoms with Gasteiger partial charge in [0.15, 0.2) is 0 Å². The Kier molecular flexibility index (Phi) is 5.45. The fourth-order valence-electron chi connectivity index (χ4n) is 4.54. The number of halogens is 2. The van der Waals surface area contributed by atoms with Crippen molar-refractivity contribution in [2.75, 3.05) is 6.61 Å². The summed E-state index contributed by atoms with van der Waals surface area (Å²) in [5, 5.41) is 11.9. The summed E-state index contributed by atoms with van der Waals surface area (Å²) < 4.78 is 32.2. The summed E-state index contributed by atoms with van der Waals surface area (Å²) in [6.45, 7) is 0.0644. The largest absolute Gasteiger partial charge is 0.480 e. The van der Waals surface area contributed by atoms with Gasteiger partial charge in [-0.05, 0) is 41.0 Å². The number of carbonyl (C=O) groups is 2. The van der Waals surface area contributed by atoms with Crippen LogP contribution in [0.2, 0.25) is 0 Å². The average Bonchev–Trinajstić information content (AvgIpc) is 3.04. The van der Waals surface area contributed by atoms with E-state index in [4.69, 9.17) is 4.74 Å². The molecule has 4 rings (SSSR count). The summed E-state index contributed by atoms with van der Waals surface area (Å²) in [6.07, 6.45) is -1.48. The third-order valence-corrected chi connectivity index (χ3v) is 6.12. The van der Waals surface area contributed by atoms with E-state index in [9.17, 15) is 23.5 Å². The second kappa shape index (κ2) is 8.05. The second-order valence-corrected chi connectivity index (χ2v) is 7.98. The minimum Gasteiger partial charge on any atom is -0.480 e. The van der Waals surface area contributed by atoms with Crippen LogP contribution >= 0.6 is 0 Å². The molecular formula is C23H23F2NO4. The van der Waals surface area contributed by atoms with Gasteiger partial charge in [0, 0.05) is 18.8 Å². The molecule has 7 heteroatoms. The van der Waals surface area contributed by atoms with E-state index in [0.717, 1.165) is 22.3 Å². The number of alkyl halides is 2. The van der Waals surface area contributed by atoms with Gasteiger partial charge in [-0.1, -0.05) is 48.5 Å². The average molecular weight is 415 g/mol. The Morgan fingerprint density at radius 3 is 2.10 bits per heavy atom. The third-order valence-electron chi connectivity index (χ3n) is 6.12. The molecule has 1 atom stereocenters. The zero-order valence-corrected chi connectivity index (χ0v) is 16.3. The molecule has 30 heavy (non-hydrogen) atoms. The number of carboxylic acid groups (broad SMARTS) is 1. The summed E-state index contributed by atoms with van der Waals surface area (Å²) >= 11 is 0. The van der Waals surface area contributed by atoms with Crippen LogP contribution in [0.4, 0.5) is 13.6 Å². The number of hydrogen-bond donors (Lipinski definition) is 2. The number of alkyl carbamates (subject to hydrolysis) is 1. The molecule has 0 spiro atoms. The van der Waals surface area contributed by atoms with Crippen molar-refractivity contribution in [2.24, 2.45) is 5.92 Å². The maximum Gasteiger partial charge on any atom is 0.407 e. The molecule has 5 nitrogen and oxygen atoms in total. The normalized spacial score (nSPS) is 18.9. The van der Waals surface area contributed by atoms with E-state index in [1.807, 2.05) is 48.5 Å². The Morgan fingerprint density at radius 1 is 1.03 bits per heavy atom. The van der Waals surface area contributed by atoms with Crippen LogP contribution in [-0.2, 0) is 9.53 Å². The number of carboxylic acids is 1. The van der Waals surface area contributed by atoms with Crippen molar-refractivity contribution in [3.8, 4) is 11.1 Å². The molecular weight excluding hydrogens is 392 g/mol. The fraction of sp³-hybridized carbons (Fsp3) is 0.391. The van der Waals surface area contributed by atoms with Crippen LogP contribution in [0.25, 0.3) is 11.1 Å². The van der Waals surface area contributed by atoms with E-state index in [1.54, 1.807) is 0 Å². The highest BCUT2D eigenvalue weighted by Gasteiger charge is 2.40. The van der Waals surface area contributed by atoms with Gasteiger partial charge in [0.25, 0.3) is 0 Å². The number of ether oxygens (including phenoxy) is 1. The predicted octanol–water partition coefficient (Wildman–Crippen LogP) is 4.80. The second-order valence-electron chi connectivity index (χ2n) is 7.98. The SMILES string of the molecule is O=C(NC(C(=O)O)C1CCC(F)(F)CC1)OCC1c2ccccc2-c2ccccc21. The zero-order valence-electron chi connectivity index (χ0n) is 16.3. The van der Waals surface area contributed by atoms with Crippen LogP contribution in [0, 0.1) is 5.92 Å². The number of rotatable bonds is 5. The van der Waals surface area contributed by atoms with Crippen LogP contribution in [0.5, 0.6) is 0 Å². The molecule has 2 aliphatic carbocycles. The van der Waals surface area contributed by atoms with Crippen molar-refractivity contribution in [3.63, 3.8) is 0 Å². The first kappa shape index (κ1) is 20.3. The topological polar surface area (TPSA) is 75.6 Å². The Morgan fingerprint density at radius 2 is 1.57 bits per heavy atom. The first-order chi connectivity index (χ1) is 14.4. The monoisotopic (exact) mass is 415 g/mol. The molecule has 1 unspecified atom stereocenters. The Bertz CT molecular complexity index is 906. The number of amides is 1. The van der Waals surface area contributed by atoms with Crippen molar-refractivity contribution in [2.45, 2.75) is 43.6 Å². The molecule has 0 aliphatic heterocycles. The van der Waals surface area contributed by atoms with Crippen LogP contribution in [0.3, 0.4) is 0 Å². The number of fused-ring (bicyclic) bond motifs is 3.